The summed E-state index contributed by atoms with van der Waals surface area (Å²) < 4.78 is 4.98. The number of aromatic nitrogens is 2. The van der Waals surface area contributed by atoms with Gasteiger partial charge in [0.1, 0.15) is 0 Å². The minimum Gasteiger partial charge on any atom is -0.309 e. The monoisotopic (exact) mass is 708 g/mol. The molecule has 55 heavy (non-hydrogen) atoms. The van der Waals surface area contributed by atoms with Gasteiger partial charge in [-0.3, -0.25) is 0 Å². The van der Waals surface area contributed by atoms with E-state index in [1.807, 2.05) is 0 Å². The molecule has 13 rings (SSSR count). The van der Waals surface area contributed by atoms with E-state index in [9.17, 15) is 0 Å². The Morgan fingerprint density at radius 1 is 0.473 bits per heavy atom. The van der Waals surface area contributed by atoms with Gasteiger partial charge in [0.05, 0.1) is 27.8 Å². The lowest BCUT2D eigenvalue weighted by Crippen LogP contribution is -2.48. The molecule has 0 radical (unpaired) electrons. The van der Waals surface area contributed by atoms with Crippen molar-refractivity contribution in [3.8, 4) is 33.6 Å². The molecule has 0 spiro atoms. The van der Waals surface area contributed by atoms with Gasteiger partial charge >= 0.3 is 0 Å². The van der Waals surface area contributed by atoms with E-state index in [0.717, 1.165) is 17.8 Å². The molecule has 4 aliphatic carbocycles. The van der Waals surface area contributed by atoms with Crippen LogP contribution >= 0.6 is 0 Å². The van der Waals surface area contributed by atoms with Gasteiger partial charge < -0.3 is 9.13 Å². The van der Waals surface area contributed by atoms with Gasteiger partial charge in [-0.05, 0) is 133 Å². The molecule has 0 N–H and O–H groups in total. The molecular formula is C53H44N2. The molecule has 2 heterocycles. The number of para-hydroxylation sites is 4. The Kier molecular flexibility index (Phi) is 6.77. The van der Waals surface area contributed by atoms with Gasteiger partial charge in [0.2, 0.25) is 0 Å². The highest BCUT2D eigenvalue weighted by atomic mass is 15.0. The normalized spacial score (nSPS) is 21.7. The number of rotatable bonds is 5. The van der Waals surface area contributed by atoms with Crippen LogP contribution in [0.2, 0.25) is 0 Å². The fourth-order valence-electron chi connectivity index (χ4n) is 12.1. The number of hydrogen-bond acceptors (Lipinski definition) is 0. The fraction of sp³-hybridized carbons (Fsp3) is 0.208. The number of nitrogens with zero attached hydrogens (tertiary/aromatic N) is 2. The van der Waals surface area contributed by atoms with Crippen LogP contribution in [0.25, 0.3) is 77.2 Å². The smallest absolute Gasteiger partial charge is 0.0619 e. The standard InChI is InChI=1S/C53H44N2/c1-34-11-9-20-50-51(34)46-30-40(53-31-35-27-36(32-53)29-37(28-35)33-53)25-26-49(46)55(50)47-18-7-5-14-42(47)38-21-23-39(24-22-38)43-16-10-17-45-44-15-6-8-19-48(44)54(52(43)45)41-12-3-2-4-13-41/h2-26,30,35-37H,27-29,31-33H2,1H3. The third kappa shape index (κ3) is 4.67. The molecule has 266 valence electrons. The Balaban J connectivity index is 0.996. The zero-order valence-corrected chi connectivity index (χ0v) is 31.4. The highest BCUT2D eigenvalue weighted by Gasteiger charge is 2.51. The van der Waals surface area contributed by atoms with Crippen molar-refractivity contribution >= 4 is 43.6 Å². The number of benzene rings is 7. The molecule has 0 atom stereocenters. The van der Waals surface area contributed by atoms with E-state index in [0.29, 0.717) is 5.41 Å². The fourth-order valence-corrected chi connectivity index (χ4v) is 12.1. The molecule has 9 aromatic rings. The van der Waals surface area contributed by atoms with Crippen LogP contribution in [-0.4, -0.2) is 9.13 Å². The van der Waals surface area contributed by atoms with Gasteiger partial charge in [-0.15, -0.1) is 0 Å². The van der Waals surface area contributed by atoms with Crippen LogP contribution < -0.4 is 0 Å². The Morgan fingerprint density at radius 3 is 1.85 bits per heavy atom. The molecule has 4 fully saturated rings. The first kappa shape index (κ1) is 31.5. The summed E-state index contributed by atoms with van der Waals surface area (Å²) in [6, 6.07) is 59.1. The molecule has 0 saturated heterocycles. The number of hydrogen-bond donors (Lipinski definition) is 0. The van der Waals surface area contributed by atoms with Crippen LogP contribution in [0, 0.1) is 24.7 Å². The second kappa shape index (κ2) is 11.8. The van der Waals surface area contributed by atoms with Gasteiger partial charge in [0.15, 0.2) is 0 Å². The summed E-state index contributed by atoms with van der Waals surface area (Å²) in [6.45, 7) is 2.30. The van der Waals surface area contributed by atoms with Crippen molar-refractivity contribution in [2.45, 2.75) is 50.9 Å². The predicted octanol–water partition coefficient (Wildman–Crippen LogP) is 14.0. The molecule has 0 unspecified atom stereocenters. The Hall–Kier alpha value is -5.86. The number of aryl methyl sites for hydroxylation is 1. The van der Waals surface area contributed by atoms with E-state index >= 15 is 0 Å². The predicted molar refractivity (Wildman–Crippen MR) is 231 cm³/mol. The van der Waals surface area contributed by atoms with Crippen molar-refractivity contribution in [1.82, 2.24) is 9.13 Å². The summed E-state index contributed by atoms with van der Waals surface area (Å²) in [5.74, 6) is 2.81. The highest BCUT2D eigenvalue weighted by Crippen LogP contribution is 2.61. The maximum absolute atomic E-state index is 2.63. The average Bonchev–Trinajstić information content (AvgIpc) is 3.74. The van der Waals surface area contributed by atoms with Crippen molar-refractivity contribution in [1.29, 1.82) is 0 Å². The van der Waals surface area contributed by atoms with E-state index in [1.54, 1.807) is 5.56 Å². The summed E-state index contributed by atoms with van der Waals surface area (Å²) in [5.41, 5.74) is 15.8. The van der Waals surface area contributed by atoms with Crippen molar-refractivity contribution in [3.63, 3.8) is 0 Å². The summed E-state index contributed by atoms with van der Waals surface area (Å²) in [4.78, 5) is 0. The second-order valence-electron chi connectivity index (χ2n) is 17.2. The lowest BCUT2D eigenvalue weighted by atomic mass is 9.48. The number of fused-ring (bicyclic) bond motifs is 6. The van der Waals surface area contributed by atoms with Gasteiger partial charge in [-0.2, -0.15) is 0 Å². The minimum atomic E-state index is 0.374. The first-order valence-electron chi connectivity index (χ1n) is 20.4. The van der Waals surface area contributed by atoms with Crippen LogP contribution in [0.3, 0.4) is 0 Å². The van der Waals surface area contributed by atoms with Gasteiger partial charge in [0.25, 0.3) is 0 Å². The first-order chi connectivity index (χ1) is 27.1. The van der Waals surface area contributed by atoms with Crippen LogP contribution in [-0.2, 0) is 5.41 Å². The van der Waals surface area contributed by atoms with Crippen molar-refractivity contribution < 1.29 is 0 Å². The van der Waals surface area contributed by atoms with Gasteiger partial charge in [-0.1, -0.05) is 115 Å². The third-order valence-electron chi connectivity index (χ3n) is 14.0. The van der Waals surface area contributed by atoms with E-state index in [4.69, 9.17) is 0 Å². The van der Waals surface area contributed by atoms with Crippen LogP contribution in [0.1, 0.15) is 49.7 Å². The lowest BCUT2D eigenvalue weighted by Gasteiger charge is -2.57. The zero-order chi connectivity index (χ0) is 36.3. The van der Waals surface area contributed by atoms with E-state index < -0.39 is 0 Å². The lowest BCUT2D eigenvalue weighted by molar-refractivity contribution is -0.00512. The van der Waals surface area contributed by atoms with E-state index in [1.165, 1.54) is 121 Å². The Morgan fingerprint density at radius 2 is 1.07 bits per heavy atom. The molecular weight excluding hydrogens is 665 g/mol. The summed E-state index contributed by atoms with van der Waals surface area (Å²) in [7, 11) is 0. The summed E-state index contributed by atoms with van der Waals surface area (Å²) >= 11 is 0. The molecule has 4 bridgehead atoms. The SMILES string of the molecule is Cc1cccc2c1c1cc(C34CC5CC(CC(C5)C3)C4)ccc1n2-c1ccccc1-c1ccc(-c2cccc3c4ccccc4n(-c4ccccc4)c23)cc1. The van der Waals surface area contributed by atoms with E-state index in [2.05, 4.69) is 174 Å². The average molecular weight is 709 g/mol. The van der Waals surface area contributed by atoms with Crippen molar-refractivity contribution in [2.24, 2.45) is 17.8 Å². The molecule has 4 saturated carbocycles. The Labute approximate surface area is 322 Å². The molecule has 7 aromatic carbocycles. The highest BCUT2D eigenvalue weighted by molar-refractivity contribution is 6.14. The molecule has 2 heteroatoms. The maximum atomic E-state index is 2.63. The largest absolute Gasteiger partial charge is 0.309 e. The zero-order valence-electron chi connectivity index (χ0n) is 31.4. The van der Waals surface area contributed by atoms with Crippen LogP contribution in [0.15, 0.2) is 158 Å². The van der Waals surface area contributed by atoms with Gasteiger partial charge in [-0.25, -0.2) is 0 Å². The summed E-state index contributed by atoms with van der Waals surface area (Å²) in [5, 5.41) is 5.36. The summed E-state index contributed by atoms with van der Waals surface area (Å²) in [6.07, 6.45) is 8.61. The second-order valence-corrected chi connectivity index (χ2v) is 17.2. The molecule has 0 amide bonds. The molecule has 4 aliphatic rings. The Bertz CT molecular complexity index is 2920. The van der Waals surface area contributed by atoms with Crippen LogP contribution in [0.5, 0.6) is 0 Å². The van der Waals surface area contributed by atoms with Crippen molar-refractivity contribution in [3.05, 3.63) is 169 Å². The quantitative estimate of drug-likeness (QED) is 0.168. The first-order valence-corrected chi connectivity index (χ1v) is 20.4. The maximum Gasteiger partial charge on any atom is 0.0619 e. The molecule has 0 aliphatic heterocycles. The molecule has 2 nitrogen and oxygen atoms in total. The van der Waals surface area contributed by atoms with Crippen LogP contribution in [0.4, 0.5) is 0 Å². The van der Waals surface area contributed by atoms with E-state index in [-0.39, 0.29) is 0 Å². The molecule has 2 aromatic heterocycles. The van der Waals surface area contributed by atoms with Gasteiger partial charge in [0, 0.05) is 38.4 Å². The minimum absolute atomic E-state index is 0.374. The van der Waals surface area contributed by atoms with Crippen molar-refractivity contribution in [2.75, 3.05) is 0 Å². The third-order valence-corrected chi connectivity index (χ3v) is 14.0. The topological polar surface area (TPSA) is 9.86 Å².